The molecule has 2 aromatic rings. The van der Waals surface area contributed by atoms with Crippen LogP contribution in [0.2, 0.25) is 0 Å². The average Bonchev–Trinajstić information content (AvgIpc) is 2.34. The van der Waals surface area contributed by atoms with Crippen molar-refractivity contribution in [1.29, 1.82) is 0 Å². The van der Waals surface area contributed by atoms with Gasteiger partial charge in [-0.2, -0.15) is 0 Å². The molecular formula is C14H14BrFN2. The van der Waals surface area contributed by atoms with Crippen molar-refractivity contribution in [2.45, 2.75) is 20.4 Å². The van der Waals surface area contributed by atoms with Gasteiger partial charge in [0.2, 0.25) is 0 Å². The van der Waals surface area contributed by atoms with Crippen LogP contribution in [0.4, 0.5) is 10.1 Å². The van der Waals surface area contributed by atoms with E-state index in [1.165, 1.54) is 6.07 Å². The summed E-state index contributed by atoms with van der Waals surface area (Å²) < 4.78 is 13.9. The number of halogens is 2. The van der Waals surface area contributed by atoms with Gasteiger partial charge in [-0.15, -0.1) is 0 Å². The van der Waals surface area contributed by atoms with Gasteiger partial charge in [0, 0.05) is 11.9 Å². The number of hydrogen-bond donors (Lipinski definition) is 1. The Bertz CT molecular complexity index is 552. The fourth-order valence-electron chi connectivity index (χ4n) is 1.63. The number of aromatic nitrogens is 1. The third-order valence-electron chi connectivity index (χ3n) is 2.70. The number of benzene rings is 1. The molecule has 2 rings (SSSR count). The van der Waals surface area contributed by atoms with E-state index in [2.05, 4.69) is 26.2 Å². The molecule has 0 atom stereocenters. The zero-order valence-corrected chi connectivity index (χ0v) is 11.9. The Labute approximate surface area is 114 Å². The summed E-state index contributed by atoms with van der Waals surface area (Å²) in [5.74, 6) is -0.264. The van der Waals surface area contributed by atoms with E-state index in [-0.39, 0.29) is 5.82 Å². The molecule has 0 aliphatic rings. The number of nitrogens with one attached hydrogen (secondary N) is 1. The second kappa shape index (κ2) is 5.48. The molecule has 1 aromatic carbocycles. The van der Waals surface area contributed by atoms with Gasteiger partial charge in [0.15, 0.2) is 0 Å². The SMILES string of the molecule is Cc1ccc(CNc2cc(F)c(Br)cc2C)nc1. The quantitative estimate of drug-likeness (QED) is 0.918. The summed E-state index contributed by atoms with van der Waals surface area (Å²) in [6.45, 7) is 4.52. The Kier molecular flexibility index (Phi) is 3.97. The van der Waals surface area contributed by atoms with Crippen LogP contribution in [0.15, 0.2) is 34.9 Å². The topological polar surface area (TPSA) is 24.9 Å². The Morgan fingerprint density at radius 2 is 2.06 bits per heavy atom. The number of anilines is 1. The van der Waals surface area contributed by atoms with Crippen LogP contribution in [0.1, 0.15) is 16.8 Å². The first-order valence-electron chi connectivity index (χ1n) is 5.67. The lowest BCUT2D eigenvalue weighted by Gasteiger charge is -2.10. The van der Waals surface area contributed by atoms with Crippen molar-refractivity contribution >= 4 is 21.6 Å². The molecule has 18 heavy (non-hydrogen) atoms. The molecule has 0 radical (unpaired) electrons. The molecule has 0 amide bonds. The standard InChI is InChI=1S/C14H14BrFN2/c1-9-3-4-11(17-7-9)8-18-14-6-13(16)12(15)5-10(14)2/h3-7,18H,8H2,1-2H3. The van der Waals surface area contributed by atoms with Crippen LogP contribution in [0.25, 0.3) is 0 Å². The van der Waals surface area contributed by atoms with E-state index in [0.717, 1.165) is 22.5 Å². The molecular weight excluding hydrogens is 295 g/mol. The number of aryl methyl sites for hydroxylation is 2. The fraction of sp³-hybridized carbons (Fsp3) is 0.214. The first-order valence-corrected chi connectivity index (χ1v) is 6.46. The summed E-state index contributed by atoms with van der Waals surface area (Å²) in [5.41, 5.74) is 3.85. The maximum atomic E-state index is 13.4. The molecule has 1 aromatic heterocycles. The van der Waals surface area contributed by atoms with Crippen LogP contribution in [-0.2, 0) is 6.54 Å². The largest absolute Gasteiger partial charge is 0.379 e. The number of hydrogen-bond acceptors (Lipinski definition) is 2. The second-order valence-corrected chi connectivity index (χ2v) is 5.12. The van der Waals surface area contributed by atoms with E-state index in [0.29, 0.717) is 11.0 Å². The predicted octanol–water partition coefficient (Wildman–Crippen LogP) is 4.21. The van der Waals surface area contributed by atoms with Gasteiger partial charge in [-0.05, 0) is 59.1 Å². The second-order valence-electron chi connectivity index (χ2n) is 4.26. The lowest BCUT2D eigenvalue weighted by atomic mass is 10.2. The molecule has 0 aliphatic heterocycles. The van der Waals surface area contributed by atoms with Crippen molar-refractivity contribution in [3.8, 4) is 0 Å². The maximum absolute atomic E-state index is 13.4. The Hall–Kier alpha value is -1.42. The molecule has 4 heteroatoms. The van der Waals surface area contributed by atoms with E-state index in [4.69, 9.17) is 0 Å². The van der Waals surface area contributed by atoms with Crippen molar-refractivity contribution in [1.82, 2.24) is 4.98 Å². The minimum absolute atomic E-state index is 0.264. The normalized spacial score (nSPS) is 10.4. The van der Waals surface area contributed by atoms with Crippen molar-refractivity contribution in [3.05, 3.63) is 57.6 Å². The zero-order chi connectivity index (χ0) is 13.1. The van der Waals surface area contributed by atoms with E-state index >= 15 is 0 Å². The molecule has 0 fully saturated rings. The zero-order valence-electron chi connectivity index (χ0n) is 10.3. The van der Waals surface area contributed by atoms with Crippen molar-refractivity contribution < 1.29 is 4.39 Å². The number of rotatable bonds is 3. The van der Waals surface area contributed by atoms with Gasteiger partial charge in [0.1, 0.15) is 5.82 Å². The lowest BCUT2D eigenvalue weighted by molar-refractivity contribution is 0.621. The Morgan fingerprint density at radius 1 is 1.28 bits per heavy atom. The summed E-state index contributed by atoms with van der Waals surface area (Å²) >= 11 is 3.17. The predicted molar refractivity (Wildman–Crippen MR) is 75.1 cm³/mol. The van der Waals surface area contributed by atoms with Crippen LogP contribution in [0, 0.1) is 19.7 Å². The summed E-state index contributed by atoms with van der Waals surface area (Å²) in [7, 11) is 0. The van der Waals surface area contributed by atoms with E-state index < -0.39 is 0 Å². The van der Waals surface area contributed by atoms with Gasteiger partial charge in [-0.25, -0.2) is 4.39 Å². The molecule has 0 aliphatic carbocycles. The van der Waals surface area contributed by atoms with Crippen LogP contribution < -0.4 is 5.32 Å². The lowest BCUT2D eigenvalue weighted by Crippen LogP contribution is -2.03. The van der Waals surface area contributed by atoms with Crippen molar-refractivity contribution in [3.63, 3.8) is 0 Å². The van der Waals surface area contributed by atoms with Crippen LogP contribution >= 0.6 is 15.9 Å². The molecule has 2 nitrogen and oxygen atoms in total. The first-order chi connectivity index (χ1) is 8.56. The number of pyridine rings is 1. The van der Waals surface area contributed by atoms with Crippen molar-refractivity contribution in [2.24, 2.45) is 0 Å². The molecule has 1 heterocycles. The molecule has 0 bridgehead atoms. The van der Waals surface area contributed by atoms with Crippen LogP contribution in [-0.4, -0.2) is 4.98 Å². The third kappa shape index (κ3) is 3.07. The van der Waals surface area contributed by atoms with E-state index in [9.17, 15) is 4.39 Å². The Morgan fingerprint density at radius 3 is 2.72 bits per heavy atom. The van der Waals surface area contributed by atoms with Gasteiger partial charge in [0.25, 0.3) is 0 Å². The minimum Gasteiger partial charge on any atom is -0.379 e. The van der Waals surface area contributed by atoms with Crippen molar-refractivity contribution in [2.75, 3.05) is 5.32 Å². The summed E-state index contributed by atoms with van der Waals surface area (Å²) in [6.07, 6.45) is 1.83. The highest BCUT2D eigenvalue weighted by molar-refractivity contribution is 9.10. The van der Waals surface area contributed by atoms with E-state index in [1.54, 1.807) is 6.07 Å². The number of nitrogens with zero attached hydrogens (tertiary/aromatic N) is 1. The highest BCUT2D eigenvalue weighted by atomic mass is 79.9. The Balaban J connectivity index is 2.10. The maximum Gasteiger partial charge on any atom is 0.139 e. The summed E-state index contributed by atoms with van der Waals surface area (Å²) in [6, 6.07) is 7.24. The highest BCUT2D eigenvalue weighted by Gasteiger charge is 2.05. The molecule has 94 valence electrons. The fourth-order valence-corrected chi connectivity index (χ4v) is 2.08. The average molecular weight is 309 g/mol. The molecule has 0 spiro atoms. The smallest absolute Gasteiger partial charge is 0.139 e. The van der Waals surface area contributed by atoms with Gasteiger partial charge >= 0.3 is 0 Å². The summed E-state index contributed by atoms with van der Waals surface area (Å²) in [4.78, 5) is 4.30. The first kappa shape index (κ1) is 13.0. The van der Waals surface area contributed by atoms with Gasteiger partial charge in [0.05, 0.1) is 16.7 Å². The van der Waals surface area contributed by atoms with Crippen LogP contribution in [0.5, 0.6) is 0 Å². The van der Waals surface area contributed by atoms with Gasteiger partial charge in [-0.1, -0.05) is 6.07 Å². The van der Waals surface area contributed by atoms with E-state index in [1.807, 2.05) is 32.2 Å². The van der Waals surface area contributed by atoms with Gasteiger partial charge in [-0.3, -0.25) is 4.98 Å². The van der Waals surface area contributed by atoms with Crippen LogP contribution in [0.3, 0.4) is 0 Å². The monoisotopic (exact) mass is 308 g/mol. The molecule has 0 saturated carbocycles. The highest BCUT2D eigenvalue weighted by Crippen LogP contribution is 2.24. The van der Waals surface area contributed by atoms with Gasteiger partial charge < -0.3 is 5.32 Å². The third-order valence-corrected chi connectivity index (χ3v) is 3.31. The molecule has 0 saturated heterocycles. The summed E-state index contributed by atoms with van der Waals surface area (Å²) in [5, 5.41) is 3.19. The molecule has 0 unspecified atom stereocenters. The minimum atomic E-state index is -0.264. The molecule has 1 N–H and O–H groups in total.